The molecule has 1 unspecified atom stereocenters. The zero-order valence-electron chi connectivity index (χ0n) is 20.5. The number of rotatable bonds is 9. The summed E-state index contributed by atoms with van der Waals surface area (Å²) in [6.07, 6.45) is -0.0126. The van der Waals surface area contributed by atoms with E-state index in [9.17, 15) is 14.7 Å². The predicted octanol–water partition coefficient (Wildman–Crippen LogP) is 3.62. The monoisotopic (exact) mass is 468 g/mol. The van der Waals surface area contributed by atoms with Crippen molar-refractivity contribution in [3.63, 3.8) is 0 Å². The molecule has 0 radical (unpaired) electrons. The number of anilines is 1. The van der Waals surface area contributed by atoms with Gasteiger partial charge in [0.25, 0.3) is 11.7 Å². The molecule has 2 aromatic rings. The summed E-state index contributed by atoms with van der Waals surface area (Å²) in [5, 5.41) is 11.2. The van der Waals surface area contributed by atoms with Gasteiger partial charge in [0.05, 0.1) is 38.5 Å². The minimum atomic E-state index is -0.750. The van der Waals surface area contributed by atoms with Crippen LogP contribution in [0, 0.1) is 0 Å². The SMILES string of the molecule is COc1ccc(/C(O)=C2/C(=O)C(=O)N(CCOC(C)C)C2c2ccc(N(C)C)cc2)cc1OC. The first-order chi connectivity index (χ1) is 16.2. The van der Waals surface area contributed by atoms with E-state index in [2.05, 4.69) is 0 Å². The molecule has 1 aliphatic heterocycles. The van der Waals surface area contributed by atoms with Crippen molar-refractivity contribution < 1.29 is 28.9 Å². The van der Waals surface area contributed by atoms with E-state index in [1.165, 1.54) is 19.1 Å². The molecule has 1 N–H and O–H groups in total. The Kier molecular flexibility index (Phi) is 7.83. The predicted molar refractivity (Wildman–Crippen MR) is 130 cm³/mol. The number of ether oxygens (including phenoxy) is 3. The van der Waals surface area contributed by atoms with E-state index >= 15 is 0 Å². The van der Waals surface area contributed by atoms with Crippen molar-refractivity contribution in [2.45, 2.75) is 26.0 Å². The molecule has 8 nitrogen and oxygen atoms in total. The Bertz CT molecular complexity index is 1080. The summed E-state index contributed by atoms with van der Waals surface area (Å²) in [7, 11) is 6.87. The molecule has 0 aromatic heterocycles. The second-order valence-electron chi connectivity index (χ2n) is 8.47. The number of carbonyl (C=O) groups is 2. The minimum absolute atomic E-state index is 0.0126. The highest BCUT2D eigenvalue weighted by atomic mass is 16.5. The van der Waals surface area contributed by atoms with E-state index in [1.807, 2.05) is 57.1 Å². The number of ketones is 1. The van der Waals surface area contributed by atoms with Gasteiger partial charge in [-0.2, -0.15) is 0 Å². The average Bonchev–Trinajstić information content (AvgIpc) is 3.07. The molecule has 3 rings (SSSR count). The average molecular weight is 469 g/mol. The van der Waals surface area contributed by atoms with Crippen molar-refractivity contribution >= 4 is 23.1 Å². The molecule has 2 aromatic carbocycles. The number of carbonyl (C=O) groups excluding carboxylic acids is 2. The second-order valence-corrected chi connectivity index (χ2v) is 8.47. The van der Waals surface area contributed by atoms with Crippen molar-refractivity contribution in [1.82, 2.24) is 4.90 Å². The normalized spacial score (nSPS) is 17.4. The van der Waals surface area contributed by atoms with Gasteiger partial charge < -0.3 is 29.1 Å². The fourth-order valence-electron chi connectivity index (χ4n) is 3.94. The quantitative estimate of drug-likeness (QED) is 0.342. The van der Waals surface area contributed by atoms with E-state index in [-0.39, 0.29) is 30.6 Å². The van der Waals surface area contributed by atoms with Gasteiger partial charge in [-0.15, -0.1) is 0 Å². The number of nitrogens with zero attached hydrogens (tertiary/aromatic N) is 2. The Hall–Kier alpha value is -3.52. The lowest BCUT2D eigenvalue weighted by Crippen LogP contribution is -2.33. The van der Waals surface area contributed by atoms with Crippen LogP contribution in [0.4, 0.5) is 5.69 Å². The second kappa shape index (κ2) is 10.6. The van der Waals surface area contributed by atoms with Gasteiger partial charge in [-0.3, -0.25) is 9.59 Å². The van der Waals surface area contributed by atoms with Crippen LogP contribution in [0.2, 0.25) is 0 Å². The topological polar surface area (TPSA) is 88.5 Å². The summed E-state index contributed by atoms with van der Waals surface area (Å²) in [5.74, 6) is -0.790. The standard InChI is InChI=1S/C26H32N2O6/c1-16(2)34-14-13-28-23(17-7-10-19(11-8-17)27(3)4)22(25(30)26(28)31)24(29)18-9-12-20(32-5)21(15-18)33-6/h7-12,15-16,23,29H,13-14H2,1-6H3/b24-22-. The number of aliphatic hydroxyl groups excluding tert-OH is 1. The van der Waals surface area contributed by atoms with Crippen LogP contribution in [-0.2, 0) is 14.3 Å². The van der Waals surface area contributed by atoms with E-state index in [1.54, 1.807) is 18.2 Å². The molecule has 0 aliphatic carbocycles. The fraction of sp³-hybridized carbons (Fsp3) is 0.385. The zero-order valence-corrected chi connectivity index (χ0v) is 20.5. The smallest absolute Gasteiger partial charge is 0.295 e. The Labute approximate surface area is 200 Å². The van der Waals surface area contributed by atoms with E-state index in [4.69, 9.17) is 14.2 Å². The number of aliphatic hydroxyl groups is 1. The molecule has 0 bridgehead atoms. The molecule has 182 valence electrons. The molecular formula is C26H32N2O6. The molecule has 8 heteroatoms. The molecule has 0 spiro atoms. The molecule has 34 heavy (non-hydrogen) atoms. The summed E-state index contributed by atoms with van der Waals surface area (Å²) in [4.78, 5) is 29.6. The van der Waals surface area contributed by atoms with Crippen LogP contribution in [0.1, 0.15) is 31.0 Å². The number of hydrogen-bond acceptors (Lipinski definition) is 7. The van der Waals surface area contributed by atoms with E-state index < -0.39 is 17.7 Å². The fourth-order valence-corrected chi connectivity index (χ4v) is 3.94. The van der Waals surface area contributed by atoms with Crippen LogP contribution in [0.3, 0.4) is 0 Å². The van der Waals surface area contributed by atoms with Gasteiger partial charge in [0.15, 0.2) is 11.5 Å². The highest BCUT2D eigenvalue weighted by Crippen LogP contribution is 2.40. The molecule has 1 saturated heterocycles. The third kappa shape index (κ3) is 5.02. The maximum Gasteiger partial charge on any atom is 0.295 e. The lowest BCUT2D eigenvalue weighted by Gasteiger charge is -2.26. The van der Waals surface area contributed by atoms with Crippen LogP contribution < -0.4 is 14.4 Å². The van der Waals surface area contributed by atoms with Gasteiger partial charge in [0.2, 0.25) is 0 Å². The third-order valence-electron chi connectivity index (χ3n) is 5.71. The van der Waals surface area contributed by atoms with Gasteiger partial charge in [-0.1, -0.05) is 12.1 Å². The maximum atomic E-state index is 13.1. The summed E-state index contributed by atoms with van der Waals surface area (Å²) < 4.78 is 16.2. The lowest BCUT2D eigenvalue weighted by atomic mass is 9.95. The Balaban J connectivity index is 2.12. The van der Waals surface area contributed by atoms with Crippen LogP contribution in [-0.4, -0.2) is 69.3 Å². The Morgan fingerprint density at radius 1 is 1.03 bits per heavy atom. The summed E-state index contributed by atoms with van der Waals surface area (Å²) in [6, 6.07) is 11.6. The molecule has 1 aliphatic rings. The highest BCUT2D eigenvalue weighted by molar-refractivity contribution is 6.46. The Morgan fingerprint density at radius 3 is 2.24 bits per heavy atom. The molecule has 1 fully saturated rings. The van der Waals surface area contributed by atoms with Crippen molar-refractivity contribution in [3.8, 4) is 11.5 Å². The zero-order chi connectivity index (χ0) is 25.0. The summed E-state index contributed by atoms with van der Waals surface area (Å²) in [6.45, 7) is 4.30. The number of methoxy groups -OCH3 is 2. The van der Waals surface area contributed by atoms with Crippen molar-refractivity contribution in [3.05, 3.63) is 59.2 Å². The number of benzene rings is 2. The number of amides is 1. The van der Waals surface area contributed by atoms with Gasteiger partial charge in [-0.05, 0) is 49.7 Å². The van der Waals surface area contributed by atoms with E-state index in [0.717, 1.165) is 11.3 Å². The van der Waals surface area contributed by atoms with Crippen molar-refractivity contribution in [2.75, 3.05) is 46.4 Å². The molecule has 1 amide bonds. The number of likely N-dealkylation sites (tertiary alicyclic amines) is 1. The molecule has 1 atom stereocenters. The van der Waals surface area contributed by atoms with Crippen LogP contribution >= 0.6 is 0 Å². The first-order valence-electron chi connectivity index (χ1n) is 11.1. The minimum Gasteiger partial charge on any atom is -0.507 e. The van der Waals surface area contributed by atoms with Crippen molar-refractivity contribution in [1.29, 1.82) is 0 Å². The van der Waals surface area contributed by atoms with Crippen LogP contribution in [0.25, 0.3) is 5.76 Å². The largest absolute Gasteiger partial charge is 0.507 e. The van der Waals surface area contributed by atoms with E-state index in [0.29, 0.717) is 17.1 Å². The van der Waals surface area contributed by atoms with Crippen LogP contribution in [0.5, 0.6) is 11.5 Å². The first-order valence-corrected chi connectivity index (χ1v) is 11.1. The van der Waals surface area contributed by atoms with Gasteiger partial charge in [0, 0.05) is 31.9 Å². The van der Waals surface area contributed by atoms with Gasteiger partial charge >= 0.3 is 0 Å². The molecular weight excluding hydrogens is 436 g/mol. The summed E-state index contributed by atoms with van der Waals surface area (Å²) in [5.41, 5.74) is 2.07. The Morgan fingerprint density at radius 2 is 1.68 bits per heavy atom. The molecule has 0 saturated carbocycles. The van der Waals surface area contributed by atoms with Crippen LogP contribution in [0.15, 0.2) is 48.0 Å². The summed E-state index contributed by atoms with van der Waals surface area (Å²) >= 11 is 0. The maximum absolute atomic E-state index is 13.1. The van der Waals surface area contributed by atoms with Gasteiger partial charge in [-0.25, -0.2) is 0 Å². The highest BCUT2D eigenvalue weighted by Gasteiger charge is 2.46. The number of hydrogen-bond donors (Lipinski definition) is 1. The van der Waals surface area contributed by atoms with Crippen molar-refractivity contribution in [2.24, 2.45) is 0 Å². The van der Waals surface area contributed by atoms with Gasteiger partial charge in [0.1, 0.15) is 5.76 Å². The molecule has 1 heterocycles. The number of Topliss-reactive ketones (excluding diaryl/α,β-unsaturated/α-hetero) is 1. The lowest BCUT2D eigenvalue weighted by molar-refractivity contribution is -0.140. The first kappa shape index (κ1) is 25.1. The third-order valence-corrected chi connectivity index (χ3v) is 5.71.